The van der Waals surface area contributed by atoms with Crippen LogP contribution in [0.25, 0.3) is 0 Å². The molecule has 2 aromatic carbocycles. The molecule has 0 saturated carbocycles. The zero-order valence-electron chi connectivity index (χ0n) is 15.0. The van der Waals surface area contributed by atoms with Gasteiger partial charge >= 0.3 is 0 Å². The largest absolute Gasteiger partial charge is 0.325 e. The van der Waals surface area contributed by atoms with E-state index in [0.717, 1.165) is 16.7 Å². The first-order chi connectivity index (χ1) is 11.7. The van der Waals surface area contributed by atoms with Gasteiger partial charge in [-0.1, -0.05) is 36.8 Å². The molecule has 134 valence electrons. The van der Waals surface area contributed by atoms with E-state index in [1.54, 1.807) is 31.2 Å². The second-order valence-electron chi connectivity index (χ2n) is 6.11. The van der Waals surface area contributed by atoms with Crippen molar-refractivity contribution in [2.45, 2.75) is 32.6 Å². The van der Waals surface area contributed by atoms with Crippen LogP contribution >= 0.6 is 0 Å². The lowest BCUT2D eigenvalue weighted by atomic mass is 10.1. The highest BCUT2D eigenvalue weighted by Crippen LogP contribution is 2.18. The number of nitrogens with zero attached hydrogens (tertiary/aromatic N) is 1. The van der Waals surface area contributed by atoms with Crippen molar-refractivity contribution in [2.24, 2.45) is 0 Å². The topological polar surface area (TPSA) is 66.5 Å². The van der Waals surface area contributed by atoms with Gasteiger partial charge in [0.25, 0.3) is 0 Å². The van der Waals surface area contributed by atoms with Gasteiger partial charge in [-0.3, -0.25) is 4.79 Å². The van der Waals surface area contributed by atoms with Crippen LogP contribution in [0.5, 0.6) is 0 Å². The number of amides is 1. The van der Waals surface area contributed by atoms with Crippen LogP contribution in [0, 0.1) is 20.8 Å². The third-order valence-corrected chi connectivity index (χ3v) is 5.93. The van der Waals surface area contributed by atoms with Crippen molar-refractivity contribution in [3.8, 4) is 0 Å². The number of likely N-dealkylation sites (N-methyl/N-ethyl adjacent to an activating group) is 1. The van der Waals surface area contributed by atoms with Gasteiger partial charge < -0.3 is 5.32 Å². The average Bonchev–Trinajstić information content (AvgIpc) is 2.56. The van der Waals surface area contributed by atoms with Crippen LogP contribution in [-0.2, 0) is 14.8 Å². The molecule has 5 nitrogen and oxygen atoms in total. The number of rotatable bonds is 6. The minimum Gasteiger partial charge on any atom is -0.325 e. The summed E-state index contributed by atoms with van der Waals surface area (Å²) >= 11 is 0. The van der Waals surface area contributed by atoms with E-state index in [9.17, 15) is 13.2 Å². The van der Waals surface area contributed by atoms with Gasteiger partial charge in [-0.2, -0.15) is 4.31 Å². The number of benzene rings is 2. The van der Waals surface area contributed by atoms with Gasteiger partial charge in [0.05, 0.1) is 11.4 Å². The summed E-state index contributed by atoms with van der Waals surface area (Å²) in [6.07, 6.45) is 0. The third-order valence-electron chi connectivity index (χ3n) is 4.00. The number of carbonyl (C=O) groups is 1. The number of nitrogens with one attached hydrogen (secondary N) is 1. The Morgan fingerprint density at radius 3 is 2.20 bits per heavy atom. The van der Waals surface area contributed by atoms with Crippen LogP contribution in [0.4, 0.5) is 5.69 Å². The molecule has 0 fully saturated rings. The third kappa shape index (κ3) is 4.67. The summed E-state index contributed by atoms with van der Waals surface area (Å²) in [6, 6.07) is 12.4. The number of anilines is 1. The fraction of sp³-hybridized carbons (Fsp3) is 0.316. The Morgan fingerprint density at radius 1 is 1.00 bits per heavy atom. The standard InChI is InChI=1S/C19H24N2O3S/c1-5-21(25(23,24)17-10-7-14(2)8-11-17)13-19(22)20-18-12-15(3)6-9-16(18)4/h6-12H,5,13H2,1-4H3,(H,20,22). The van der Waals surface area contributed by atoms with Crippen LogP contribution < -0.4 is 5.32 Å². The predicted octanol–water partition coefficient (Wildman–Crippen LogP) is 3.26. The van der Waals surface area contributed by atoms with Crippen LogP contribution in [0.15, 0.2) is 47.4 Å². The first kappa shape index (κ1) is 19.1. The highest BCUT2D eigenvalue weighted by Gasteiger charge is 2.25. The van der Waals surface area contributed by atoms with Crippen LogP contribution in [0.3, 0.4) is 0 Å². The molecule has 0 unspecified atom stereocenters. The Kier molecular flexibility index (Phi) is 5.98. The maximum absolute atomic E-state index is 12.7. The molecule has 0 aromatic heterocycles. The van der Waals surface area contributed by atoms with E-state index in [1.165, 1.54) is 4.31 Å². The van der Waals surface area contributed by atoms with Gasteiger partial charge in [0.15, 0.2) is 0 Å². The normalized spacial score (nSPS) is 11.6. The molecule has 1 N–H and O–H groups in total. The Balaban J connectivity index is 2.16. The maximum atomic E-state index is 12.7. The Morgan fingerprint density at radius 2 is 1.60 bits per heavy atom. The van der Waals surface area contributed by atoms with E-state index in [1.807, 2.05) is 39.0 Å². The summed E-state index contributed by atoms with van der Waals surface area (Å²) in [5, 5.41) is 2.80. The van der Waals surface area contributed by atoms with E-state index < -0.39 is 10.0 Å². The summed E-state index contributed by atoms with van der Waals surface area (Å²) in [5.41, 5.74) is 3.65. The molecule has 0 saturated heterocycles. The number of aryl methyl sites for hydroxylation is 3. The molecule has 2 rings (SSSR count). The molecule has 0 spiro atoms. The molecular weight excluding hydrogens is 336 g/mol. The maximum Gasteiger partial charge on any atom is 0.243 e. The minimum absolute atomic E-state index is 0.194. The van der Waals surface area contributed by atoms with Crippen molar-refractivity contribution in [3.05, 3.63) is 59.2 Å². The van der Waals surface area contributed by atoms with Gasteiger partial charge in [-0.25, -0.2) is 8.42 Å². The highest BCUT2D eigenvalue weighted by atomic mass is 32.2. The number of carbonyl (C=O) groups excluding carboxylic acids is 1. The summed E-state index contributed by atoms with van der Waals surface area (Å²) in [4.78, 5) is 12.6. The fourth-order valence-electron chi connectivity index (χ4n) is 2.45. The fourth-order valence-corrected chi connectivity index (χ4v) is 3.85. The van der Waals surface area contributed by atoms with Gasteiger partial charge in [-0.15, -0.1) is 0 Å². The molecular formula is C19H24N2O3S. The first-order valence-corrected chi connectivity index (χ1v) is 9.62. The molecule has 0 aliphatic heterocycles. The van der Waals surface area contributed by atoms with E-state index in [2.05, 4.69) is 5.32 Å². The zero-order chi connectivity index (χ0) is 18.6. The molecule has 0 aliphatic rings. The van der Waals surface area contributed by atoms with Gasteiger partial charge in [0.1, 0.15) is 0 Å². The van der Waals surface area contributed by atoms with Gasteiger partial charge in [0.2, 0.25) is 15.9 Å². The van der Waals surface area contributed by atoms with E-state index in [-0.39, 0.29) is 23.9 Å². The summed E-state index contributed by atoms with van der Waals surface area (Å²) in [5.74, 6) is -0.355. The van der Waals surface area contributed by atoms with Crippen molar-refractivity contribution >= 4 is 21.6 Å². The molecule has 1 amide bonds. The minimum atomic E-state index is -3.70. The van der Waals surface area contributed by atoms with Crippen molar-refractivity contribution in [1.82, 2.24) is 4.31 Å². The van der Waals surface area contributed by atoms with Gasteiger partial charge in [-0.05, 0) is 50.1 Å². The summed E-state index contributed by atoms with van der Waals surface area (Å²) in [7, 11) is -3.70. The molecule has 0 atom stereocenters. The quantitative estimate of drug-likeness (QED) is 0.860. The van der Waals surface area contributed by atoms with E-state index >= 15 is 0 Å². The second-order valence-corrected chi connectivity index (χ2v) is 8.05. The lowest BCUT2D eigenvalue weighted by Crippen LogP contribution is -2.37. The SMILES string of the molecule is CCN(CC(=O)Nc1cc(C)ccc1C)S(=O)(=O)c1ccc(C)cc1. The van der Waals surface area contributed by atoms with Crippen molar-refractivity contribution < 1.29 is 13.2 Å². The van der Waals surface area contributed by atoms with E-state index in [0.29, 0.717) is 5.69 Å². The zero-order valence-corrected chi connectivity index (χ0v) is 15.9. The number of hydrogen-bond acceptors (Lipinski definition) is 3. The lowest BCUT2D eigenvalue weighted by Gasteiger charge is -2.20. The van der Waals surface area contributed by atoms with Crippen LogP contribution in [0.2, 0.25) is 0 Å². The van der Waals surface area contributed by atoms with Crippen LogP contribution in [-0.4, -0.2) is 31.7 Å². The predicted molar refractivity (Wildman–Crippen MR) is 100 cm³/mol. The molecule has 2 aromatic rings. The first-order valence-electron chi connectivity index (χ1n) is 8.18. The second kappa shape index (κ2) is 7.80. The number of sulfonamides is 1. The molecule has 0 heterocycles. The molecule has 0 aliphatic carbocycles. The Labute approximate surface area is 149 Å². The van der Waals surface area contributed by atoms with Crippen molar-refractivity contribution in [2.75, 3.05) is 18.4 Å². The number of hydrogen-bond donors (Lipinski definition) is 1. The van der Waals surface area contributed by atoms with Crippen LogP contribution in [0.1, 0.15) is 23.6 Å². The Hall–Kier alpha value is -2.18. The molecule has 0 radical (unpaired) electrons. The highest BCUT2D eigenvalue weighted by molar-refractivity contribution is 7.89. The van der Waals surface area contributed by atoms with E-state index in [4.69, 9.17) is 0 Å². The molecule has 25 heavy (non-hydrogen) atoms. The smallest absolute Gasteiger partial charge is 0.243 e. The summed E-state index contributed by atoms with van der Waals surface area (Å²) < 4.78 is 26.6. The monoisotopic (exact) mass is 360 g/mol. The average molecular weight is 360 g/mol. The van der Waals surface area contributed by atoms with Crippen molar-refractivity contribution in [1.29, 1.82) is 0 Å². The molecule has 6 heteroatoms. The Bertz CT molecular complexity index is 859. The summed E-state index contributed by atoms with van der Waals surface area (Å²) in [6.45, 7) is 7.45. The lowest BCUT2D eigenvalue weighted by molar-refractivity contribution is -0.116. The van der Waals surface area contributed by atoms with Crippen molar-refractivity contribution in [3.63, 3.8) is 0 Å². The van der Waals surface area contributed by atoms with Gasteiger partial charge in [0, 0.05) is 12.2 Å². The molecule has 0 bridgehead atoms.